The number of aliphatic hydroxyl groups excluding tert-OH is 2. The number of phenolic OH excluding ortho intramolecular Hbond substituents is 1. The van der Waals surface area contributed by atoms with Crippen molar-refractivity contribution in [2.24, 2.45) is 17.6 Å². The second-order valence-electron chi connectivity index (χ2n) is 9.14. The zero-order valence-electron chi connectivity index (χ0n) is 18.8. The molecule has 4 atom stereocenters. The number of fused-ring (bicyclic) bond motifs is 3. The third-order valence-electron chi connectivity index (χ3n) is 6.99. The van der Waals surface area contributed by atoms with E-state index < -0.39 is 69.7 Å². The minimum Gasteiger partial charge on any atom is -0.508 e. The standard InChI is InChI=1S/C23H24ClN3O8/c1-27(2)16-10-6-9-5-8-3-4-11(26-12(28)7-24)17(29)13(8)18(30)14(9)20(32)23(10,35)21(33)15(19(16)31)22(25)34/h3-4,9-10,16,29-30,33,35H,5-7H2,1-2H3,(H2,25,34)(H,26,28). The Hall–Kier alpha value is -3.41. The van der Waals surface area contributed by atoms with E-state index in [-0.39, 0.29) is 35.5 Å². The molecule has 0 spiro atoms. The summed E-state index contributed by atoms with van der Waals surface area (Å²) in [6, 6.07) is 1.85. The number of aromatic hydroxyl groups is 1. The van der Waals surface area contributed by atoms with E-state index in [9.17, 15) is 39.6 Å². The highest BCUT2D eigenvalue weighted by atomic mass is 35.5. The molecule has 0 saturated heterocycles. The van der Waals surface area contributed by atoms with Gasteiger partial charge in [-0.3, -0.25) is 24.1 Å². The third-order valence-corrected chi connectivity index (χ3v) is 7.23. The van der Waals surface area contributed by atoms with Crippen molar-refractivity contribution < 1.29 is 39.6 Å². The van der Waals surface area contributed by atoms with Gasteiger partial charge in [0, 0.05) is 11.5 Å². The zero-order chi connectivity index (χ0) is 26.0. The summed E-state index contributed by atoms with van der Waals surface area (Å²) < 4.78 is 0. The molecule has 0 bridgehead atoms. The van der Waals surface area contributed by atoms with Crippen LogP contribution in [0.1, 0.15) is 17.5 Å². The molecule has 186 valence electrons. The summed E-state index contributed by atoms with van der Waals surface area (Å²) in [6.45, 7) is 0. The smallest absolute Gasteiger partial charge is 0.255 e. The van der Waals surface area contributed by atoms with E-state index in [2.05, 4.69) is 5.32 Å². The topological polar surface area (TPSA) is 190 Å². The normalized spacial score (nSPS) is 28.0. The number of alkyl halides is 1. The number of benzene rings is 1. The van der Waals surface area contributed by atoms with Gasteiger partial charge in [-0.2, -0.15) is 0 Å². The van der Waals surface area contributed by atoms with E-state index in [1.807, 2.05) is 0 Å². The van der Waals surface area contributed by atoms with Crippen molar-refractivity contribution in [1.29, 1.82) is 0 Å². The number of halogens is 1. The number of aliphatic hydroxyl groups is 3. The summed E-state index contributed by atoms with van der Waals surface area (Å²) in [4.78, 5) is 51.8. The number of nitrogens with one attached hydrogen (secondary N) is 1. The number of ketones is 2. The van der Waals surface area contributed by atoms with Gasteiger partial charge in [-0.1, -0.05) is 6.07 Å². The highest BCUT2D eigenvalue weighted by molar-refractivity contribution is 6.29. The number of rotatable bonds is 4. The van der Waals surface area contributed by atoms with E-state index in [1.165, 1.54) is 25.1 Å². The fourth-order valence-corrected chi connectivity index (χ4v) is 5.57. The Morgan fingerprint density at radius 1 is 1.23 bits per heavy atom. The maximum atomic E-state index is 13.7. The number of amides is 2. The van der Waals surface area contributed by atoms with Gasteiger partial charge in [-0.05, 0) is 44.5 Å². The Morgan fingerprint density at radius 3 is 2.46 bits per heavy atom. The maximum absolute atomic E-state index is 13.7. The fourth-order valence-electron chi connectivity index (χ4n) is 5.50. The van der Waals surface area contributed by atoms with Crippen LogP contribution in [0.2, 0.25) is 0 Å². The Morgan fingerprint density at radius 2 is 1.89 bits per heavy atom. The molecule has 7 N–H and O–H groups in total. The first-order valence-electron chi connectivity index (χ1n) is 10.7. The molecular weight excluding hydrogens is 482 g/mol. The van der Waals surface area contributed by atoms with Crippen LogP contribution >= 0.6 is 11.6 Å². The molecule has 3 aliphatic carbocycles. The van der Waals surface area contributed by atoms with Crippen molar-refractivity contribution in [3.05, 3.63) is 40.2 Å². The van der Waals surface area contributed by atoms with Gasteiger partial charge in [0.2, 0.25) is 11.7 Å². The van der Waals surface area contributed by atoms with E-state index >= 15 is 0 Å². The number of nitrogens with two attached hydrogens (primary N) is 1. The molecule has 0 aliphatic heterocycles. The predicted molar refractivity (Wildman–Crippen MR) is 124 cm³/mol. The molecule has 0 radical (unpaired) electrons. The minimum absolute atomic E-state index is 0.00272. The highest BCUT2D eigenvalue weighted by Gasteiger charge is 2.64. The second kappa shape index (κ2) is 8.36. The third kappa shape index (κ3) is 3.41. The van der Waals surface area contributed by atoms with Crippen molar-refractivity contribution in [3.8, 4) is 5.75 Å². The van der Waals surface area contributed by atoms with Gasteiger partial charge in [0.1, 0.15) is 28.7 Å². The van der Waals surface area contributed by atoms with Gasteiger partial charge in [0.05, 0.1) is 17.3 Å². The lowest BCUT2D eigenvalue weighted by Gasteiger charge is -2.50. The number of carbonyl (C=O) groups excluding carboxylic acids is 4. The summed E-state index contributed by atoms with van der Waals surface area (Å²) in [5.41, 5.74) is 1.75. The fraction of sp³-hybridized carbons (Fsp3) is 0.391. The SMILES string of the molecule is CN(C)C1C(=O)C(C(N)=O)=C(O)C2(O)C(=O)C3=C(O)c4c(ccc(NC(=O)CCl)c4O)CC3CC12. The van der Waals surface area contributed by atoms with Crippen molar-refractivity contribution in [2.75, 3.05) is 25.3 Å². The summed E-state index contributed by atoms with van der Waals surface area (Å²) in [7, 11) is 3.06. The van der Waals surface area contributed by atoms with Crippen LogP contribution in [0.5, 0.6) is 5.75 Å². The quantitative estimate of drug-likeness (QED) is 0.188. The number of hydrogen-bond acceptors (Lipinski definition) is 9. The Kier molecular flexibility index (Phi) is 5.90. The van der Waals surface area contributed by atoms with E-state index in [4.69, 9.17) is 17.3 Å². The van der Waals surface area contributed by atoms with E-state index in [0.717, 1.165) is 0 Å². The molecule has 11 nitrogen and oxygen atoms in total. The van der Waals surface area contributed by atoms with Gasteiger partial charge in [0.25, 0.3) is 5.91 Å². The summed E-state index contributed by atoms with van der Waals surface area (Å²) >= 11 is 5.50. The summed E-state index contributed by atoms with van der Waals surface area (Å²) in [5.74, 6) is -8.30. The number of hydrogen-bond donors (Lipinski definition) is 6. The average Bonchev–Trinajstić information content (AvgIpc) is 2.77. The number of Topliss-reactive ketones (excluding diaryl/α,β-unsaturated/α-hetero) is 2. The molecule has 4 rings (SSSR count). The zero-order valence-corrected chi connectivity index (χ0v) is 19.6. The van der Waals surface area contributed by atoms with E-state index in [0.29, 0.717) is 5.56 Å². The molecular formula is C23H24ClN3O8. The van der Waals surface area contributed by atoms with Crippen LogP contribution in [0, 0.1) is 11.8 Å². The molecule has 1 fully saturated rings. The van der Waals surface area contributed by atoms with Gasteiger partial charge in [-0.25, -0.2) is 0 Å². The molecule has 4 unspecified atom stereocenters. The molecule has 1 saturated carbocycles. The van der Waals surface area contributed by atoms with Gasteiger partial charge < -0.3 is 31.5 Å². The van der Waals surface area contributed by atoms with Gasteiger partial charge in [0.15, 0.2) is 11.4 Å². The number of phenols is 1. The van der Waals surface area contributed by atoms with Crippen LogP contribution in [0.25, 0.3) is 5.76 Å². The minimum atomic E-state index is -2.70. The second-order valence-corrected chi connectivity index (χ2v) is 9.41. The molecule has 0 heterocycles. The van der Waals surface area contributed by atoms with Crippen LogP contribution in [0.3, 0.4) is 0 Å². The molecule has 1 aromatic carbocycles. The Labute approximate surface area is 204 Å². The van der Waals surface area contributed by atoms with Crippen molar-refractivity contribution in [1.82, 2.24) is 4.90 Å². The molecule has 35 heavy (non-hydrogen) atoms. The van der Waals surface area contributed by atoms with Gasteiger partial charge >= 0.3 is 0 Å². The Bertz CT molecular complexity index is 1250. The summed E-state index contributed by atoms with van der Waals surface area (Å²) in [6.07, 6.45) is 0.156. The Balaban J connectivity index is 1.92. The van der Waals surface area contributed by atoms with Crippen molar-refractivity contribution in [2.45, 2.75) is 24.5 Å². The first kappa shape index (κ1) is 24.7. The molecule has 2 amide bonds. The first-order valence-corrected chi connectivity index (χ1v) is 11.2. The number of anilines is 1. The monoisotopic (exact) mass is 505 g/mol. The van der Waals surface area contributed by atoms with Crippen LogP contribution in [-0.2, 0) is 25.6 Å². The van der Waals surface area contributed by atoms with Crippen LogP contribution in [0.15, 0.2) is 29.0 Å². The van der Waals surface area contributed by atoms with Crippen LogP contribution in [-0.4, -0.2) is 80.3 Å². The summed E-state index contributed by atoms with van der Waals surface area (Å²) in [5, 5.41) is 46.6. The van der Waals surface area contributed by atoms with Crippen molar-refractivity contribution >= 4 is 46.4 Å². The largest absolute Gasteiger partial charge is 0.508 e. The highest BCUT2D eigenvalue weighted by Crippen LogP contribution is 2.53. The predicted octanol–water partition coefficient (Wildman–Crippen LogP) is 0.141. The number of primary amides is 1. The number of nitrogens with zero attached hydrogens (tertiary/aromatic N) is 1. The molecule has 3 aliphatic rings. The lowest BCUT2D eigenvalue weighted by atomic mass is 9.57. The first-order chi connectivity index (χ1) is 16.4. The average molecular weight is 506 g/mol. The van der Waals surface area contributed by atoms with Crippen LogP contribution in [0.4, 0.5) is 5.69 Å². The molecule has 0 aromatic heterocycles. The number of likely N-dealkylation sites (N-methyl/N-ethyl adjacent to an activating group) is 1. The lowest BCUT2D eigenvalue weighted by molar-refractivity contribution is -0.153. The number of carbonyl (C=O) groups is 4. The lowest BCUT2D eigenvalue weighted by Crippen LogP contribution is -2.65. The van der Waals surface area contributed by atoms with Gasteiger partial charge in [-0.15, -0.1) is 11.6 Å². The maximum Gasteiger partial charge on any atom is 0.255 e. The van der Waals surface area contributed by atoms with E-state index in [1.54, 1.807) is 6.07 Å². The molecule has 12 heteroatoms. The van der Waals surface area contributed by atoms with Crippen LogP contribution < -0.4 is 11.1 Å². The van der Waals surface area contributed by atoms with Crippen molar-refractivity contribution in [3.63, 3.8) is 0 Å². The molecule has 1 aromatic rings.